The zero-order valence-corrected chi connectivity index (χ0v) is 13.1. The van der Waals surface area contributed by atoms with E-state index in [0.717, 1.165) is 24.2 Å². The average molecular weight is 287 g/mol. The van der Waals surface area contributed by atoms with E-state index < -0.39 is 0 Å². The lowest BCUT2D eigenvalue weighted by molar-refractivity contribution is 0.386. The Morgan fingerprint density at radius 2 is 1.86 bits per heavy atom. The highest BCUT2D eigenvalue weighted by atomic mass is 16.5. The number of rotatable bonds is 7. The van der Waals surface area contributed by atoms with Gasteiger partial charge >= 0.3 is 0 Å². The number of nitrogens with two attached hydrogens (primary N) is 1. The van der Waals surface area contributed by atoms with Crippen LogP contribution in [0.15, 0.2) is 36.4 Å². The van der Waals surface area contributed by atoms with E-state index >= 15 is 0 Å². The second-order valence-corrected chi connectivity index (χ2v) is 5.45. The molecule has 114 valence electrons. The lowest BCUT2D eigenvalue weighted by Crippen LogP contribution is -2.33. The first-order valence-corrected chi connectivity index (χ1v) is 7.31. The monoisotopic (exact) mass is 287 g/mol. The first-order chi connectivity index (χ1) is 10.2. The number of methoxy groups -OCH3 is 1. The van der Waals surface area contributed by atoms with Crippen molar-refractivity contribution in [3.8, 4) is 5.75 Å². The van der Waals surface area contributed by atoms with Gasteiger partial charge in [0.15, 0.2) is 0 Å². The summed E-state index contributed by atoms with van der Waals surface area (Å²) < 4.78 is 5.45. The maximum absolute atomic E-state index is 5.98. The van der Waals surface area contributed by atoms with E-state index in [1.165, 1.54) is 10.9 Å². The highest BCUT2D eigenvalue weighted by Gasteiger charge is 2.14. The maximum atomic E-state index is 5.98. The van der Waals surface area contributed by atoms with Crippen molar-refractivity contribution in [3.05, 3.63) is 42.0 Å². The third kappa shape index (κ3) is 3.73. The molecule has 0 heterocycles. The van der Waals surface area contributed by atoms with E-state index in [1.54, 1.807) is 7.11 Å². The minimum Gasteiger partial charge on any atom is -0.496 e. The fourth-order valence-corrected chi connectivity index (χ4v) is 2.56. The summed E-state index contributed by atoms with van der Waals surface area (Å²) in [6.45, 7) is 2.48. The summed E-state index contributed by atoms with van der Waals surface area (Å²) in [5.41, 5.74) is 7.21. The Labute approximate surface area is 126 Å². The molecule has 1 atom stereocenters. The molecule has 3 N–H and O–H groups in total. The zero-order chi connectivity index (χ0) is 15.2. The standard InChI is InChI=1S/C17H25N3O/c1-20(2)11-10-19-16(12-18)14-8-9-17(21-3)15-7-5-4-6-13(14)15/h4-9,16,19H,10-12,18H2,1-3H3. The molecule has 0 aromatic heterocycles. The quantitative estimate of drug-likeness (QED) is 0.818. The molecule has 0 aliphatic carbocycles. The molecule has 4 nitrogen and oxygen atoms in total. The van der Waals surface area contributed by atoms with Crippen LogP contribution >= 0.6 is 0 Å². The first-order valence-electron chi connectivity index (χ1n) is 7.31. The van der Waals surface area contributed by atoms with Crippen molar-refractivity contribution in [3.63, 3.8) is 0 Å². The van der Waals surface area contributed by atoms with Crippen LogP contribution in [0.4, 0.5) is 0 Å². The van der Waals surface area contributed by atoms with Gasteiger partial charge in [-0.15, -0.1) is 0 Å². The maximum Gasteiger partial charge on any atom is 0.126 e. The highest BCUT2D eigenvalue weighted by molar-refractivity contribution is 5.91. The van der Waals surface area contributed by atoms with Gasteiger partial charge in [-0.25, -0.2) is 0 Å². The lowest BCUT2D eigenvalue weighted by atomic mass is 9.98. The molecule has 0 fully saturated rings. The number of fused-ring (bicyclic) bond motifs is 1. The van der Waals surface area contributed by atoms with Crippen molar-refractivity contribution in [1.29, 1.82) is 0 Å². The topological polar surface area (TPSA) is 50.5 Å². The molecule has 0 saturated carbocycles. The van der Waals surface area contributed by atoms with Crippen molar-refractivity contribution in [2.45, 2.75) is 6.04 Å². The molecule has 21 heavy (non-hydrogen) atoms. The molecule has 0 saturated heterocycles. The van der Waals surface area contributed by atoms with Gasteiger partial charge in [0, 0.05) is 31.1 Å². The van der Waals surface area contributed by atoms with Gasteiger partial charge in [-0.2, -0.15) is 0 Å². The van der Waals surface area contributed by atoms with E-state index in [4.69, 9.17) is 10.5 Å². The van der Waals surface area contributed by atoms with Crippen LogP contribution in [0.25, 0.3) is 10.8 Å². The van der Waals surface area contributed by atoms with Crippen LogP contribution < -0.4 is 15.8 Å². The summed E-state index contributed by atoms with van der Waals surface area (Å²) in [4.78, 5) is 2.16. The summed E-state index contributed by atoms with van der Waals surface area (Å²) in [7, 11) is 5.85. The molecule has 0 spiro atoms. The number of hydrogen-bond acceptors (Lipinski definition) is 4. The Kier molecular flexibility index (Phi) is 5.56. The smallest absolute Gasteiger partial charge is 0.126 e. The van der Waals surface area contributed by atoms with Gasteiger partial charge in [0.2, 0.25) is 0 Å². The normalized spacial score (nSPS) is 12.8. The van der Waals surface area contributed by atoms with Crippen LogP contribution in [-0.2, 0) is 0 Å². The summed E-state index contributed by atoms with van der Waals surface area (Å²) in [5, 5.41) is 5.87. The minimum absolute atomic E-state index is 0.153. The molecule has 2 aromatic rings. The van der Waals surface area contributed by atoms with Crippen molar-refractivity contribution < 1.29 is 4.74 Å². The number of ether oxygens (including phenoxy) is 1. The number of benzene rings is 2. The molecule has 0 radical (unpaired) electrons. The zero-order valence-electron chi connectivity index (χ0n) is 13.1. The van der Waals surface area contributed by atoms with Gasteiger partial charge in [-0.05, 0) is 31.1 Å². The van der Waals surface area contributed by atoms with Crippen LogP contribution in [0.1, 0.15) is 11.6 Å². The van der Waals surface area contributed by atoms with E-state index in [1.807, 2.05) is 12.1 Å². The van der Waals surface area contributed by atoms with Crippen molar-refractivity contribution >= 4 is 10.8 Å². The van der Waals surface area contributed by atoms with E-state index in [9.17, 15) is 0 Å². The molecule has 0 bridgehead atoms. The molecule has 0 amide bonds. The molecule has 0 aliphatic rings. The van der Waals surface area contributed by atoms with Gasteiger partial charge in [0.05, 0.1) is 7.11 Å². The molecule has 0 aliphatic heterocycles. The van der Waals surface area contributed by atoms with Crippen LogP contribution in [-0.4, -0.2) is 45.7 Å². The molecule has 2 aromatic carbocycles. The summed E-state index contributed by atoms with van der Waals surface area (Å²) in [6.07, 6.45) is 0. The van der Waals surface area contributed by atoms with E-state index in [0.29, 0.717) is 6.54 Å². The third-order valence-corrected chi connectivity index (χ3v) is 3.70. The lowest BCUT2D eigenvalue weighted by Gasteiger charge is -2.21. The van der Waals surface area contributed by atoms with Gasteiger partial charge < -0.3 is 20.7 Å². The summed E-state index contributed by atoms with van der Waals surface area (Å²) in [6, 6.07) is 12.6. The van der Waals surface area contributed by atoms with Crippen molar-refractivity contribution in [2.75, 3.05) is 40.8 Å². The predicted octanol–water partition coefficient (Wildman–Crippen LogP) is 2.00. The Morgan fingerprint density at radius 1 is 1.14 bits per heavy atom. The Balaban J connectivity index is 2.31. The molecular weight excluding hydrogens is 262 g/mol. The Morgan fingerprint density at radius 3 is 2.48 bits per heavy atom. The molecule has 4 heteroatoms. The number of hydrogen-bond donors (Lipinski definition) is 2. The number of nitrogens with zero attached hydrogens (tertiary/aromatic N) is 1. The summed E-state index contributed by atoms with van der Waals surface area (Å²) in [5.74, 6) is 0.901. The molecule has 1 unspecified atom stereocenters. The second kappa shape index (κ2) is 7.41. The third-order valence-electron chi connectivity index (χ3n) is 3.70. The highest BCUT2D eigenvalue weighted by Crippen LogP contribution is 2.31. The van der Waals surface area contributed by atoms with Crippen LogP contribution in [0.2, 0.25) is 0 Å². The van der Waals surface area contributed by atoms with Gasteiger partial charge in [-0.3, -0.25) is 0 Å². The predicted molar refractivity (Wildman–Crippen MR) is 88.9 cm³/mol. The van der Waals surface area contributed by atoms with E-state index in [-0.39, 0.29) is 6.04 Å². The van der Waals surface area contributed by atoms with Gasteiger partial charge in [-0.1, -0.05) is 30.3 Å². The van der Waals surface area contributed by atoms with Crippen LogP contribution in [0.5, 0.6) is 5.75 Å². The van der Waals surface area contributed by atoms with Crippen LogP contribution in [0, 0.1) is 0 Å². The SMILES string of the molecule is COc1ccc(C(CN)NCCN(C)C)c2ccccc12. The fourth-order valence-electron chi connectivity index (χ4n) is 2.56. The largest absolute Gasteiger partial charge is 0.496 e. The van der Waals surface area contributed by atoms with Gasteiger partial charge in [0.25, 0.3) is 0 Å². The number of likely N-dealkylation sites (N-methyl/N-ethyl adjacent to an activating group) is 1. The van der Waals surface area contributed by atoms with Crippen LogP contribution in [0.3, 0.4) is 0 Å². The molecule has 2 rings (SSSR count). The Hall–Kier alpha value is -1.62. The summed E-state index contributed by atoms with van der Waals surface area (Å²) >= 11 is 0. The fraction of sp³-hybridized carbons (Fsp3) is 0.412. The van der Waals surface area contributed by atoms with Gasteiger partial charge in [0.1, 0.15) is 5.75 Å². The van der Waals surface area contributed by atoms with Crippen molar-refractivity contribution in [2.24, 2.45) is 5.73 Å². The first kappa shape index (κ1) is 15.8. The van der Waals surface area contributed by atoms with E-state index in [2.05, 4.69) is 48.6 Å². The average Bonchev–Trinajstić information content (AvgIpc) is 2.50. The van der Waals surface area contributed by atoms with Crippen molar-refractivity contribution in [1.82, 2.24) is 10.2 Å². The number of nitrogens with one attached hydrogen (secondary N) is 1. The molecular formula is C17H25N3O. The second-order valence-electron chi connectivity index (χ2n) is 5.45. The Bertz CT molecular complexity index is 583. The minimum atomic E-state index is 0.153.